The maximum atomic E-state index is 12.8. The van der Waals surface area contributed by atoms with Crippen LogP contribution in [-0.4, -0.2) is 82.6 Å². The van der Waals surface area contributed by atoms with Crippen LogP contribution in [0.15, 0.2) is 0 Å². The summed E-state index contributed by atoms with van der Waals surface area (Å²) in [5, 5.41) is 25.2. The number of amides is 3. The zero-order valence-electron chi connectivity index (χ0n) is 18.5. The minimum atomic E-state index is -1.22. The molecule has 0 saturated heterocycles. The first kappa shape index (κ1) is 29.6. The molecule has 12 nitrogen and oxygen atoms in total. The van der Waals surface area contributed by atoms with Gasteiger partial charge >= 0.3 is 11.9 Å². The van der Waals surface area contributed by atoms with E-state index in [9.17, 15) is 24.0 Å². The van der Waals surface area contributed by atoms with Gasteiger partial charge in [0.15, 0.2) is 0 Å². The third kappa shape index (κ3) is 12.5. The Balaban J connectivity index is 5.26. The second kappa shape index (κ2) is 16.3. The molecule has 0 heterocycles. The standard InChI is InChI=1S/C19H35N5O7S/c1-11(19(30)31)22-17(28)13(5-3-4-9-20)24-18(29)14(8-10-32-2)23-16(27)12(21)6-7-15(25)26/h11-14H,3-10,20-21H2,1-2H3,(H,22,28)(H,23,27)(H,24,29)(H,25,26)(H,30,31). The maximum absolute atomic E-state index is 12.8. The number of unbranched alkanes of at least 4 members (excludes halogenated alkanes) is 1. The van der Waals surface area contributed by atoms with Gasteiger partial charge in [0.05, 0.1) is 6.04 Å². The van der Waals surface area contributed by atoms with E-state index < -0.39 is 53.8 Å². The molecule has 32 heavy (non-hydrogen) atoms. The van der Waals surface area contributed by atoms with Crippen molar-refractivity contribution in [3.63, 3.8) is 0 Å². The van der Waals surface area contributed by atoms with E-state index in [0.717, 1.165) is 0 Å². The number of carbonyl (C=O) groups excluding carboxylic acids is 3. The fourth-order valence-corrected chi connectivity index (χ4v) is 3.07. The van der Waals surface area contributed by atoms with Gasteiger partial charge in [-0.25, -0.2) is 0 Å². The van der Waals surface area contributed by atoms with Crippen LogP contribution in [0.4, 0.5) is 0 Å². The molecule has 0 aromatic heterocycles. The van der Waals surface area contributed by atoms with Gasteiger partial charge in [0.25, 0.3) is 0 Å². The molecule has 0 aliphatic carbocycles. The number of hydrogen-bond donors (Lipinski definition) is 7. The van der Waals surface area contributed by atoms with Crippen LogP contribution >= 0.6 is 11.8 Å². The summed E-state index contributed by atoms with van der Waals surface area (Å²) in [4.78, 5) is 59.4. The Morgan fingerprint density at radius 2 is 1.44 bits per heavy atom. The average molecular weight is 478 g/mol. The van der Waals surface area contributed by atoms with Gasteiger partial charge in [-0.15, -0.1) is 0 Å². The van der Waals surface area contributed by atoms with Gasteiger partial charge < -0.3 is 37.6 Å². The summed E-state index contributed by atoms with van der Waals surface area (Å²) < 4.78 is 0. The van der Waals surface area contributed by atoms with Crippen molar-refractivity contribution in [2.75, 3.05) is 18.6 Å². The molecule has 0 bridgehead atoms. The number of nitrogens with two attached hydrogens (primary N) is 2. The van der Waals surface area contributed by atoms with Crippen molar-refractivity contribution < 1.29 is 34.2 Å². The molecular weight excluding hydrogens is 442 g/mol. The van der Waals surface area contributed by atoms with Crippen LogP contribution in [0.25, 0.3) is 0 Å². The van der Waals surface area contributed by atoms with Gasteiger partial charge in [-0.05, 0) is 57.6 Å². The number of thioether (sulfide) groups is 1. The van der Waals surface area contributed by atoms with Gasteiger partial charge in [0, 0.05) is 6.42 Å². The lowest BCUT2D eigenvalue weighted by Crippen LogP contribution is -2.57. The molecule has 0 aliphatic rings. The van der Waals surface area contributed by atoms with E-state index in [-0.39, 0.29) is 25.7 Å². The van der Waals surface area contributed by atoms with Gasteiger partial charge in [-0.3, -0.25) is 24.0 Å². The predicted octanol–water partition coefficient (Wildman–Crippen LogP) is -1.38. The number of carbonyl (C=O) groups is 5. The Kier molecular flexibility index (Phi) is 15.1. The largest absolute Gasteiger partial charge is 0.481 e. The molecular formula is C19H35N5O7S. The Labute approximate surface area is 191 Å². The van der Waals surface area contributed by atoms with E-state index in [1.165, 1.54) is 18.7 Å². The zero-order chi connectivity index (χ0) is 24.7. The molecule has 0 rings (SSSR count). The monoisotopic (exact) mass is 477 g/mol. The minimum absolute atomic E-state index is 0.0881. The van der Waals surface area contributed by atoms with Gasteiger partial charge in [-0.2, -0.15) is 11.8 Å². The summed E-state index contributed by atoms with van der Waals surface area (Å²) >= 11 is 1.45. The smallest absolute Gasteiger partial charge is 0.325 e. The Bertz CT molecular complexity index is 650. The molecule has 184 valence electrons. The number of hydrogen-bond acceptors (Lipinski definition) is 8. The number of nitrogens with one attached hydrogen (secondary N) is 3. The van der Waals surface area contributed by atoms with Crippen molar-refractivity contribution in [3.8, 4) is 0 Å². The second-order valence-corrected chi connectivity index (χ2v) is 8.28. The molecule has 0 saturated carbocycles. The molecule has 3 amide bonds. The van der Waals surface area contributed by atoms with E-state index >= 15 is 0 Å². The highest BCUT2D eigenvalue weighted by molar-refractivity contribution is 7.98. The molecule has 0 fully saturated rings. The minimum Gasteiger partial charge on any atom is -0.481 e. The zero-order valence-corrected chi connectivity index (χ0v) is 19.3. The number of carboxylic acid groups (broad SMARTS) is 2. The first-order chi connectivity index (χ1) is 15.0. The fourth-order valence-electron chi connectivity index (χ4n) is 2.60. The highest BCUT2D eigenvalue weighted by Crippen LogP contribution is 2.06. The summed E-state index contributed by atoms with van der Waals surface area (Å²) in [5.74, 6) is -3.72. The SMILES string of the molecule is CSCCC(NC(=O)C(N)CCC(=O)O)C(=O)NC(CCCCN)C(=O)NC(C)C(=O)O. The normalized spacial score (nSPS) is 14.5. The van der Waals surface area contributed by atoms with Crippen molar-refractivity contribution in [1.82, 2.24) is 16.0 Å². The van der Waals surface area contributed by atoms with Crippen LogP contribution in [0.3, 0.4) is 0 Å². The van der Waals surface area contributed by atoms with Gasteiger partial charge in [-0.1, -0.05) is 0 Å². The van der Waals surface area contributed by atoms with Crippen LogP contribution in [0.5, 0.6) is 0 Å². The Morgan fingerprint density at radius 1 is 0.875 bits per heavy atom. The summed E-state index contributed by atoms with van der Waals surface area (Å²) in [6, 6.07) is -4.25. The number of aliphatic carboxylic acids is 2. The molecule has 0 aromatic carbocycles. The third-order valence-electron chi connectivity index (χ3n) is 4.56. The molecule has 0 spiro atoms. The van der Waals surface area contributed by atoms with E-state index in [4.69, 9.17) is 21.7 Å². The van der Waals surface area contributed by atoms with E-state index in [1.54, 1.807) is 0 Å². The quantitative estimate of drug-likeness (QED) is 0.122. The molecule has 0 aliphatic heterocycles. The van der Waals surface area contributed by atoms with Crippen molar-refractivity contribution in [1.29, 1.82) is 0 Å². The summed E-state index contributed by atoms with van der Waals surface area (Å²) in [6.45, 7) is 1.70. The molecule has 4 unspecified atom stereocenters. The van der Waals surface area contributed by atoms with E-state index in [1.807, 2.05) is 6.26 Å². The van der Waals surface area contributed by atoms with Crippen LogP contribution in [-0.2, 0) is 24.0 Å². The number of carboxylic acids is 2. The first-order valence-electron chi connectivity index (χ1n) is 10.3. The lowest BCUT2D eigenvalue weighted by Gasteiger charge is -2.24. The summed E-state index contributed by atoms with van der Waals surface area (Å²) in [6.07, 6.45) is 3.08. The average Bonchev–Trinajstić information content (AvgIpc) is 2.73. The molecule has 4 atom stereocenters. The van der Waals surface area contributed by atoms with Gasteiger partial charge in [0.1, 0.15) is 18.1 Å². The van der Waals surface area contributed by atoms with Gasteiger partial charge in [0.2, 0.25) is 17.7 Å². The molecule has 0 aromatic rings. The van der Waals surface area contributed by atoms with Crippen LogP contribution in [0, 0.1) is 0 Å². The third-order valence-corrected chi connectivity index (χ3v) is 5.20. The lowest BCUT2D eigenvalue weighted by molar-refractivity contribution is -0.142. The Hall–Kier alpha value is -2.38. The molecule has 13 heteroatoms. The van der Waals surface area contributed by atoms with Crippen molar-refractivity contribution in [2.24, 2.45) is 11.5 Å². The van der Waals surface area contributed by atoms with Crippen molar-refractivity contribution >= 4 is 41.4 Å². The van der Waals surface area contributed by atoms with Crippen LogP contribution in [0.2, 0.25) is 0 Å². The summed E-state index contributed by atoms with van der Waals surface area (Å²) in [7, 11) is 0. The molecule has 0 radical (unpaired) electrons. The van der Waals surface area contributed by atoms with Crippen molar-refractivity contribution in [2.45, 2.75) is 69.6 Å². The highest BCUT2D eigenvalue weighted by atomic mass is 32.2. The maximum Gasteiger partial charge on any atom is 0.325 e. The molecule has 9 N–H and O–H groups in total. The van der Waals surface area contributed by atoms with E-state index in [0.29, 0.717) is 25.1 Å². The second-order valence-electron chi connectivity index (χ2n) is 7.30. The first-order valence-corrected chi connectivity index (χ1v) is 11.7. The Morgan fingerprint density at radius 3 is 1.97 bits per heavy atom. The fraction of sp³-hybridized carbons (Fsp3) is 0.737. The highest BCUT2D eigenvalue weighted by Gasteiger charge is 2.29. The van der Waals surface area contributed by atoms with E-state index in [2.05, 4.69) is 16.0 Å². The number of rotatable bonds is 17. The predicted molar refractivity (Wildman–Crippen MR) is 120 cm³/mol. The topological polar surface area (TPSA) is 214 Å². The lowest BCUT2D eigenvalue weighted by atomic mass is 10.1. The van der Waals surface area contributed by atoms with Crippen molar-refractivity contribution in [3.05, 3.63) is 0 Å². The van der Waals surface area contributed by atoms with Crippen LogP contribution < -0.4 is 27.4 Å². The van der Waals surface area contributed by atoms with Crippen LogP contribution in [0.1, 0.15) is 45.4 Å². The summed E-state index contributed by atoms with van der Waals surface area (Å²) in [5.41, 5.74) is 11.2.